The third-order valence-electron chi connectivity index (χ3n) is 9.33. The molecule has 2 saturated heterocycles. The molecule has 5 aromatic carbocycles. The van der Waals surface area contributed by atoms with Gasteiger partial charge in [0, 0.05) is 29.8 Å². The number of halogens is 1. The summed E-state index contributed by atoms with van der Waals surface area (Å²) in [7, 11) is 0. The van der Waals surface area contributed by atoms with Crippen LogP contribution in [0, 0.1) is 5.82 Å². The summed E-state index contributed by atoms with van der Waals surface area (Å²) in [4.78, 5) is 55.5. The molecular formula is C43H34FN3O5S2. The van der Waals surface area contributed by atoms with Crippen molar-refractivity contribution in [1.29, 1.82) is 0 Å². The van der Waals surface area contributed by atoms with Gasteiger partial charge in [-0.15, -0.1) is 0 Å². The maximum atomic E-state index is 14.4. The number of rotatable bonds is 11. The summed E-state index contributed by atoms with van der Waals surface area (Å²) in [5.41, 5.74) is 4.94. The highest BCUT2D eigenvalue weighted by Gasteiger charge is 2.38. The number of ketones is 1. The molecule has 5 aromatic rings. The van der Waals surface area contributed by atoms with Gasteiger partial charge in [0.05, 0.1) is 29.2 Å². The zero-order chi connectivity index (χ0) is 37.6. The summed E-state index contributed by atoms with van der Waals surface area (Å²) >= 11 is 6.24. The van der Waals surface area contributed by atoms with Crippen molar-refractivity contribution in [1.82, 2.24) is 15.5 Å². The van der Waals surface area contributed by atoms with Crippen LogP contribution in [0.5, 0.6) is 0 Å². The van der Waals surface area contributed by atoms with E-state index in [-0.39, 0.29) is 53.6 Å². The van der Waals surface area contributed by atoms with Crippen LogP contribution in [0.4, 0.5) is 4.39 Å². The SMILES string of the molecule is O=C1NC(=S)S/C1=C\c1ccc(C(=O)NC[C@@H]2C[C@@H](OCc3ccccc3-c3ccccc3)CN2C(=O)c2ccccc2C(=O)c2ccc(F)cc2)cc1. The number of nitrogens with one attached hydrogen (secondary N) is 2. The maximum Gasteiger partial charge on any atom is 0.263 e. The molecule has 2 N–H and O–H groups in total. The number of thiocarbonyl (C=S) groups is 1. The van der Waals surface area contributed by atoms with Gasteiger partial charge in [-0.25, -0.2) is 4.39 Å². The van der Waals surface area contributed by atoms with E-state index >= 15 is 0 Å². The topological polar surface area (TPSA) is 105 Å². The van der Waals surface area contributed by atoms with Crippen molar-refractivity contribution < 1.29 is 28.3 Å². The first kappa shape index (κ1) is 36.6. The van der Waals surface area contributed by atoms with Crippen LogP contribution in [0.2, 0.25) is 0 Å². The van der Waals surface area contributed by atoms with E-state index in [9.17, 15) is 23.6 Å². The standard InChI is InChI=1S/C43H34FN3O5S2/c44-32-20-18-29(19-21-32)39(48)36-12-6-7-13-37(36)42(51)47-25-34(52-26-31-10-4-5-11-35(31)28-8-2-1-3-9-28)23-33(47)24-45-40(49)30-16-14-27(15-17-30)22-38-41(50)46-43(53)54-38/h1-22,33-34H,23-26H2,(H,45,49)(H,46,50,53)/b38-22-/t33-,34+/m0/s1. The molecule has 0 aliphatic carbocycles. The number of carbonyl (C=O) groups excluding carboxylic acids is 4. The maximum absolute atomic E-state index is 14.4. The number of likely N-dealkylation sites (tertiary alicyclic amines) is 1. The van der Waals surface area contributed by atoms with Gasteiger partial charge in [-0.05, 0) is 77.2 Å². The van der Waals surface area contributed by atoms with Gasteiger partial charge in [0.15, 0.2) is 5.78 Å². The van der Waals surface area contributed by atoms with Crippen LogP contribution < -0.4 is 10.6 Å². The zero-order valence-corrected chi connectivity index (χ0v) is 30.5. The van der Waals surface area contributed by atoms with Gasteiger partial charge in [-0.1, -0.05) is 109 Å². The van der Waals surface area contributed by atoms with E-state index in [1.165, 1.54) is 36.0 Å². The predicted molar refractivity (Wildman–Crippen MR) is 211 cm³/mol. The lowest BCUT2D eigenvalue weighted by molar-refractivity contribution is -0.115. The Morgan fingerprint density at radius 3 is 2.24 bits per heavy atom. The lowest BCUT2D eigenvalue weighted by Gasteiger charge is -2.25. The molecule has 2 heterocycles. The van der Waals surface area contributed by atoms with E-state index in [2.05, 4.69) is 16.7 Å². The molecule has 2 atom stereocenters. The van der Waals surface area contributed by atoms with Crippen LogP contribution in [0.15, 0.2) is 132 Å². The smallest absolute Gasteiger partial charge is 0.263 e. The van der Waals surface area contributed by atoms with Crippen molar-refractivity contribution in [3.05, 3.63) is 171 Å². The number of hydrogen-bond acceptors (Lipinski definition) is 7. The Labute approximate surface area is 321 Å². The van der Waals surface area contributed by atoms with Crippen molar-refractivity contribution >= 4 is 57.9 Å². The summed E-state index contributed by atoms with van der Waals surface area (Å²) in [6.45, 7) is 0.689. The van der Waals surface area contributed by atoms with E-state index in [1.807, 2.05) is 48.5 Å². The fraction of sp³-hybridized carbons (Fsp3) is 0.140. The minimum absolute atomic E-state index is 0.138. The Morgan fingerprint density at radius 2 is 1.52 bits per heavy atom. The molecule has 2 aliphatic rings. The van der Waals surface area contributed by atoms with Crippen LogP contribution in [-0.2, 0) is 16.1 Å². The highest BCUT2D eigenvalue weighted by Crippen LogP contribution is 2.29. The number of nitrogens with zero attached hydrogens (tertiary/aromatic N) is 1. The first-order chi connectivity index (χ1) is 26.2. The minimum Gasteiger partial charge on any atom is -0.372 e. The van der Waals surface area contributed by atoms with Crippen molar-refractivity contribution in [3.8, 4) is 11.1 Å². The fourth-order valence-corrected chi connectivity index (χ4v) is 7.63. The summed E-state index contributed by atoms with van der Waals surface area (Å²) in [6, 6.07) is 36.2. The van der Waals surface area contributed by atoms with Crippen LogP contribution in [0.1, 0.15) is 54.2 Å². The van der Waals surface area contributed by atoms with E-state index in [1.54, 1.807) is 59.5 Å². The van der Waals surface area contributed by atoms with E-state index in [4.69, 9.17) is 17.0 Å². The van der Waals surface area contributed by atoms with Gasteiger partial charge in [0.2, 0.25) is 0 Å². The molecule has 11 heteroatoms. The first-order valence-corrected chi connectivity index (χ1v) is 18.5. The summed E-state index contributed by atoms with van der Waals surface area (Å²) in [5, 5.41) is 5.57. The third-order valence-corrected chi connectivity index (χ3v) is 10.5. The molecule has 2 fully saturated rings. The second kappa shape index (κ2) is 16.5. The number of carbonyl (C=O) groups is 4. The lowest BCUT2D eigenvalue weighted by Crippen LogP contribution is -2.43. The quantitative estimate of drug-likeness (QED) is 0.0821. The van der Waals surface area contributed by atoms with E-state index in [0.717, 1.165) is 22.3 Å². The Bertz CT molecular complexity index is 2260. The number of thioether (sulfide) groups is 1. The summed E-state index contributed by atoms with van der Waals surface area (Å²) in [6.07, 6.45) is 1.80. The average Bonchev–Trinajstić information content (AvgIpc) is 3.77. The number of benzene rings is 5. The molecule has 3 amide bonds. The largest absolute Gasteiger partial charge is 0.372 e. The second-order valence-electron chi connectivity index (χ2n) is 12.9. The molecule has 270 valence electrons. The number of amides is 3. The minimum atomic E-state index is -0.467. The third kappa shape index (κ3) is 8.39. The molecular weight excluding hydrogens is 722 g/mol. The van der Waals surface area contributed by atoms with Crippen molar-refractivity contribution in [3.63, 3.8) is 0 Å². The summed E-state index contributed by atoms with van der Waals surface area (Å²) < 4.78 is 20.5. The van der Waals surface area contributed by atoms with Gasteiger partial charge >= 0.3 is 0 Å². The molecule has 0 radical (unpaired) electrons. The Kier molecular flexibility index (Phi) is 11.2. The van der Waals surface area contributed by atoms with Gasteiger partial charge in [0.25, 0.3) is 17.7 Å². The van der Waals surface area contributed by atoms with Crippen molar-refractivity contribution in [2.24, 2.45) is 0 Å². The molecule has 0 unspecified atom stereocenters. The van der Waals surface area contributed by atoms with Crippen LogP contribution >= 0.6 is 24.0 Å². The van der Waals surface area contributed by atoms with Crippen LogP contribution in [-0.4, -0.2) is 58.0 Å². The Balaban J connectivity index is 1.10. The molecule has 8 nitrogen and oxygen atoms in total. The van der Waals surface area contributed by atoms with Crippen LogP contribution in [0.3, 0.4) is 0 Å². The molecule has 0 spiro atoms. The normalized spacial score (nSPS) is 17.4. The molecule has 54 heavy (non-hydrogen) atoms. The van der Waals surface area contributed by atoms with Crippen molar-refractivity contribution in [2.75, 3.05) is 13.1 Å². The van der Waals surface area contributed by atoms with Gasteiger partial charge in [-0.2, -0.15) is 0 Å². The molecule has 0 aromatic heterocycles. The monoisotopic (exact) mass is 755 g/mol. The average molecular weight is 756 g/mol. The predicted octanol–water partition coefficient (Wildman–Crippen LogP) is 7.44. The van der Waals surface area contributed by atoms with Crippen LogP contribution in [0.25, 0.3) is 17.2 Å². The molecule has 0 saturated carbocycles. The molecule has 2 aliphatic heterocycles. The van der Waals surface area contributed by atoms with E-state index in [0.29, 0.717) is 27.8 Å². The molecule has 7 rings (SSSR count). The highest BCUT2D eigenvalue weighted by molar-refractivity contribution is 8.26. The van der Waals surface area contributed by atoms with Gasteiger partial charge in [0.1, 0.15) is 10.1 Å². The first-order valence-electron chi connectivity index (χ1n) is 17.3. The lowest BCUT2D eigenvalue weighted by atomic mass is 9.97. The Morgan fingerprint density at radius 1 is 0.852 bits per heavy atom. The fourth-order valence-electron chi connectivity index (χ4n) is 6.58. The van der Waals surface area contributed by atoms with Gasteiger partial charge < -0.3 is 20.3 Å². The highest BCUT2D eigenvalue weighted by atomic mass is 32.2. The molecule has 0 bridgehead atoms. The van der Waals surface area contributed by atoms with Gasteiger partial charge in [-0.3, -0.25) is 19.2 Å². The second-order valence-corrected chi connectivity index (χ2v) is 14.6. The summed E-state index contributed by atoms with van der Waals surface area (Å²) in [5.74, 6) is -1.83. The zero-order valence-electron chi connectivity index (χ0n) is 28.9. The number of hydrogen-bond donors (Lipinski definition) is 2. The van der Waals surface area contributed by atoms with Crippen molar-refractivity contribution in [2.45, 2.75) is 25.2 Å². The Hall–Kier alpha value is -5.75. The number of ether oxygens (including phenoxy) is 1. The van der Waals surface area contributed by atoms with E-state index < -0.39 is 17.6 Å².